The van der Waals surface area contributed by atoms with E-state index in [1.807, 2.05) is 0 Å². The van der Waals surface area contributed by atoms with Gasteiger partial charge in [-0.1, -0.05) is 6.07 Å². The number of benzene rings is 2. The number of hydrogen-bond acceptors (Lipinski definition) is 3. The van der Waals surface area contributed by atoms with E-state index in [1.54, 1.807) is 6.07 Å². The van der Waals surface area contributed by atoms with Gasteiger partial charge < -0.3 is 5.73 Å². The van der Waals surface area contributed by atoms with Gasteiger partial charge in [0.25, 0.3) is 11.8 Å². The molecular weight excluding hydrogens is 266 g/mol. The lowest BCUT2D eigenvalue weighted by Gasteiger charge is -2.13. The number of amides is 2. The zero-order chi connectivity index (χ0) is 14.4. The summed E-state index contributed by atoms with van der Waals surface area (Å²) in [4.78, 5) is 25.2. The van der Waals surface area contributed by atoms with Crippen molar-refractivity contribution in [3.8, 4) is 0 Å². The third-order valence-electron chi connectivity index (χ3n) is 3.11. The predicted molar refractivity (Wildman–Crippen MR) is 68.4 cm³/mol. The van der Waals surface area contributed by atoms with E-state index in [-0.39, 0.29) is 22.5 Å². The van der Waals surface area contributed by atoms with E-state index in [0.717, 1.165) is 23.1 Å². The van der Waals surface area contributed by atoms with E-state index in [4.69, 9.17) is 5.73 Å². The van der Waals surface area contributed by atoms with Crippen LogP contribution in [0, 0.1) is 11.6 Å². The Morgan fingerprint density at radius 2 is 1.70 bits per heavy atom. The van der Waals surface area contributed by atoms with Crippen molar-refractivity contribution in [2.75, 3.05) is 10.6 Å². The van der Waals surface area contributed by atoms with Crippen molar-refractivity contribution in [2.24, 2.45) is 0 Å². The molecule has 0 spiro atoms. The molecule has 0 saturated carbocycles. The molecule has 0 fully saturated rings. The Morgan fingerprint density at radius 1 is 0.950 bits per heavy atom. The maximum atomic E-state index is 13.2. The summed E-state index contributed by atoms with van der Waals surface area (Å²) in [7, 11) is 0. The fraction of sp³-hybridized carbons (Fsp3) is 0. The molecule has 6 heteroatoms. The lowest BCUT2D eigenvalue weighted by atomic mass is 10.1. The summed E-state index contributed by atoms with van der Waals surface area (Å²) in [5, 5.41) is 0. The van der Waals surface area contributed by atoms with Gasteiger partial charge in [-0.05, 0) is 24.3 Å². The number of rotatable bonds is 1. The number of fused-ring (bicyclic) bond motifs is 1. The number of anilines is 2. The molecule has 2 aromatic rings. The number of nitrogens with two attached hydrogens (primary N) is 1. The molecule has 1 aliphatic heterocycles. The van der Waals surface area contributed by atoms with Gasteiger partial charge in [0.1, 0.15) is 0 Å². The number of nitrogens with zero attached hydrogens (tertiary/aromatic N) is 1. The van der Waals surface area contributed by atoms with Crippen LogP contribution in [0.2, 0.25) is 0 Å². The topological polar surface area (TPSA) is 63.4 Å². The molecule has 0 atom stereocenters. The molecule has 0 aromatic heterocycles. The van der Waals surface area contributed by atoms with Gasteiger partial charge >= 0.3 is 0 Å². The Hall–Kier alpha value is -2.76. The van der Waals surface area contributed by atoms with Gasteiger partial charge in [-0.3, -0.25) is 9.59 Å². The Labute approximate surface area is 112 Å². The molecule has 0 saturated heterocycles. The highest BCUT2D eigenvalue weighted by molar-refractivity contribution is 6.35. The minimum Gasteiger partial charge on any atom is -0.398 e. The summed E-state index contributed by atoms with van der Waals surface area (Å²) < 4.78 is 26.2. The van der Waals surface area contributed by atoms with Gasteiger partial charge in [0, 0.05) is 11.8 Å². The molecule has 3 rings (SSSR count). The van der Waals surface area contributed by atoms with E-state index in [1.165, 1.54) is 12.1 Å². The van der Waals surface area contributed by atoms with Crippen LogP contribution in [-0.2, 0) is 0 Å². The monoisotopic (exact) mass is 274 g/mol. The van der Waals surface area contributed by atoms with Crippen LogP contribution < -0.4 is 10.6 Å². The Bertz CT molecular complexity index is 759. The first-order valence-electron chi connectivity index (χ1n) is 5.73. The van der Waals surface area contributed by atoms with Crippen LogP contribution in [0.15, 0.2) is 36.4 Å². The van der Waals surface area contributed by atoms with Gasteiger partial charge in [-0.15, -0.1) is 0 Å². The fourth-order valence-electron chi connectivity index (χ4n) is 2.17. The van der Waals surface area contributed by atoms with E-state index in [2.05, 4.69) is 0 Å². The van der Waals surface area contributed by atoms with Gasteiger partial charge in [0.2, 0.25) is 0 Å². The van der Waals surface area contributed by atoms with Crippen LogP contribution >= 0.6 is 0 Å². The van der Waals surface area contributed by atoms with Crippen molar-refractivity contribution in [3.05, 3.63) is 59.2 Å². The van der Waals surface area contributed by atoms with Crippen molar-refractivity contribution in [3.63, 3.8) is 0 Å². The summed E-state index contributed by atoms with van der Waals surface area (Å²) in [6.45, 7) is 0. The largest absolute Gasteiger partial charge is 0.398 e. The summed E-state index contributed by atoms with van der Waals surface area (Å²) in [5.74, 6) is -3.44. The number of hydrogen-bond donors (Lipinski definition) is 1. The molecule has 2 N–H and O–H groups in total. The zero-order valence-corrected chi connectivity index (χ0v) is 10.1. The third kappa shape index (κ3) is 1.58. The van der Waals surface area contributed by atoms with E-state index in [0.29, 0.717) is 0 Å². The Morgan fingerprint density at radius 3 is 2.35 bits per heavy atom. The van der Waals surface area contributed by atoms with Crippen molar-refractivity contribution in [1.82, 2.24) is 0 Å². The molecule has 0 bridgehead atoms. The molecule has 0 aliphatic carbocycles. The maximum Gasteiger partial charge on any atom is 0.268 e. The first kappa shape index (κ1) is 12.3. The molecule has 0 radical (unpaired) electrons. The predicted octanol–water partition coefficient (Wildman–Crippen LogP) is 2.35. The fourth-order valence-corrected chi connectivity index (χ4v) is 2.17. The van der Waals surface area contributed by atoms with Gasteiger partial charge in [-0.2, -0.15) is 0 Å². The second-order valence-electron chi connectivity index (χ2n) is 4.31. The van der Waals surface area contributed by atoms with Gasteiger partial charge in [-0.25, -0.2) is 13.7 Å². The highest BCUT2D eigenvalue weighted by Crippen LogP contribution is 2.32. The first-order chi connectivity index (χ1) is 9.50. The van der Waals surface area contributed by atoms with Gasteiger partial charge in [0.15, 0.2) is 11.6 Å². The summed E-state index contributed by atoms with van der Waals surface area (Å²) in [6.07, 6.45) is 0. The molecule has 1 aliphatic rings. The first-order valence-corrected chi connectivity index (χ1v) is 5.73. The van der Waals surface area contributed by atoms with E-state index < -0.39 is 23.4 Å². The number of carbonyl (C=O) groups is 2. The SMILES string of the molecule is Nc1cccc2c1C(=O)N(c1ccc(F)c(F)c1)C2=O. The molecule has 20 heavy (non-hydrogen) atoms. The Balaban J connectivity index is 2.14. The average molecular weight is 274 g/mol. The van der Waals surface area contributed by atoms with Crippen LogP contribution in [0.5, 0.6) is 0 Å². The summed E-state index contributed by atoms with van der Waals surface area (Å²) in [6, 6.07) is 7.33. The van der Waals surface area contributed by atoms with Crippen molar-refractivity contribution >= 4 is 23.2 Å². The van der Waals surface area contributed by atoms with Crippen molar-refractivity contribution < 1.29 is 18.4 Å². The highest BCUT2D eigenvalue weighted by atomic mass is 19.2. The molecular formula is C14H8F2N2O2. The van der Waals surface area contributed by atoms with Crippen LogP contribution in [0.1, 0.15) is 20.7 Å². The summed E-state index contributed by atoms with van der Waals surface area (Å²) >= 11 is 0. The highest BCUT2D eigenvalue weighted by Gasteiger charge is 2.38. The van der Waals surface area contributed by atoms with Gasteiger partial charge in [0.05, 0.1) is 16.8 Å². The number of imide groups is 1. The average Bonchev–Trinajstić information content (AvgIpc) is 2.67. The van der Waals surface area contributed by atoms with Crippen LogP contribution in [0.3, 0.4) is 0 Å². The number of halogens is 2. The second kappa shape index (κ2) is 4.12. The minimum atomic E-state index is -1.13. The van der Waals surface area contributed by atoms with Crippen molar-refractivity contribution in [1.29, 1.82) is 0 Å². The van der Waals surface area contributed by atoms with Crippen LogP contribution in [0.25, 0.3) is 0 Å². The molecule has 1 heterocycles. The standard InChI is InChI=1S/C14H8F2N2O2/c15-9-5-4-7(6-10(9)16)18-13(19)8-2-1-3-11(17)12(8)14(18)20/h1-6H,17H2. The second-order valence-corrected chi connectivity index (χ2v) is 4.31. The maximum absolute atomic E-state index is 13.2. The van der Waals surface area contributed by atoms with Crippen molar-refractivity contribution in [2.45, 2.75) is 0 Å². The molecule has 2 aromatic carbocycles. The van der Waals surface area contributed by atoms with E-state index in [9.17, 15) is 18.4 Å². The smallest absolute Gasteiger partial charge is 0.268 e. The minimum absolute atomic E-state index is 0.0329. The molecule has 2 amide bonds. The number of nitrogen functional groups attached to an aromatic ring is 1. The Kier molecular flexibility index (Phi) is 2.53. The summed E-state index contributed by atoms with van der Waals surface area (Å²) in [5.41, 5.74) is 6.06. The van der Waals surface area contributed by atoms with E-state index >= 15 is 0 Å². The van der Waals surface area contributed by atoms with Crippen LogP contribution in [-0.4, -0.2) is 11.8 Å². The quantitative estimate of drug-likeness (QED) is 0.641. The lowest BCUT2D eigenvalue weighted by Crippen LogP contribution is -2.29. The normalized spacial score (nSPS) is 13.8. The third-order valence-corrected chi connectivity index (χ3v) is 3.11. The zero-order valence-electron chi connectivity index (χ0n) is 10.1. The molecule has 100 valence electrons. The molecule has 4 nitrogen and oxygen atoms in total. The van der Waals surface area contributed by atoms with Crippen LogP contribution in [0.4, 0.5) is 20.2 Å². The lowest BCUT2D eigenvalue weighted by molar-refractivity contribution is 0.0926. The molecule has 0 unspecified atom stereocenters. The number of carbonyl (C=O) groups excluding carboxylic acids is 2.